The summed E-state index contributed by atoms with van der Waals surface area (Å²) in [5.41, 5.74) is 0.777. The molecule has 4 nitrogen and oxygen atoms in total. The van der Waals surface area contributed by atoms with Gasteiger partial charge in [0.25, 0.3) is 0 Å². The molecule has 0 aliphatic heterocycles. The van der Waals surface area contributed by atoms with E-state index in [-0.39, 0.29) is 17.5 Å². The summed E-state index contributed by atoms with van der Waals surface area (Å²) in [4.78, 5) is 4.23. The molecule has 0 aliphatic rings. The average molecular weight is 300 g/mol. The average Bonchev–Trinajstić information content (AvgIpc) is 2.93. The van der Waals surface area contributed by atoms with Crippen molar-refractivity contribution in [3.63, 3.8) is 0 Å². The van der Waals surface area contributed by atoms with Crippen LogP contribution in [0.4, 0.5) is 8.78 Å². The molecule has 1 heterocycles. The zero-order chi connectivity index (χ0) is 14.5. The van der Waals surface area contributed by atoms with E-state index in [9.17, 15) is 8.78 Å². The van der Waals surface area contributed by atoms with Crippen LogP contribution in [0.2, 0.25) is 0 Å². The minimum Gasteiger partial charge on any atom is -0.493 e. The van der Waals surface area contributed by atoms with Crippen LogP contribution in [0.3, 0.4) is 0 Å². The molecular formula is C13H14F2N2O2S. The zero-order valence-electron chi connectivity index (χ0n) is 11.0. The van der Waals surface area contributed by atoms with Gasteiger partial charge in [-0.15, -0.1) is 11.3 Å². The molecule has 0 fully saturated rings. The van der Waals surface area contributed by atoms with Crippen LogP contribution in [0.15, 0.2) is 29.8 Å². The van der Waals surface area contributed by atoms with Gasteiger partial charge in [-0.3, -0.25) is 0 Å². The predicted molar refractivity (Wildman–Crippen MR) is 72.6 cm³/mol. The van der Waals surface area contributed by atoms with Crippen LogP contribution in [-0.2, 0) is 0 Å². The summed E-state index contributed by atoms with van der Waals surface area (Å²) in [6.07, 6.45) is 1.70. The third-order valence-corrected chi connectivity index (χ3v) is 3.56. The van der Waals surface area contributed by atoms with E-state index in [1.54, 1.807) is 25.4 Å². The Bertz CT molecular complexity index is 549. The molecular weight excluding hydrogens is 286 g/mol. The van der Waals surface area contributed by atoms with Crippen LogP contribution in [0, 0.1) is 0 Å². The van der Waals surface area contributed by atoms with Gasteiger partial charge in [-0.1, -0.05) is 6.07 Å². The van der Waals surface area contributed by atoms with E-state index in [0.29, 0.717) is 0 Å². The molecule has 2 aromatic rings. The molecule has 1 N–H and O–H groups in total. The third kappa shape index (κ3) is 3.23. The van der Waals surface area contributed by atoms with Crippen molar-refractivity contribution in [1.82, 2.24) is 10.3 Å². The van der Waals surface area contributed by atoms with Crippen LogP contribution >= 0.6 is 11.3 Å². The number of alkyl halides is 2. The van der Waals surface area contributed by atoms with Crippen molar-refractivity contribution in [2.75, 3.05) is 14.2 Å². The number of methoxy groups -OCH3 is 1. The van der Waals surface area contributed by atoms with Crippen molar-refractivity contribution in [3.8, 4) is 11.5 Å². The Labute approximate surface area is 119 Å². The number of nitrogens with zero attached hydrogens (tertiary/aromatic N) is 1. The minimum absolute atomic E-state index is 0.0109. The van der Waals surface area contributed by atoms with Gasteiger partial charge >= 0.3 is 6.61 Å². The van der Waals surface area contributed by atoms with Gasteiger partial charge in [-0.25, -0.2) is 4.98 Å². The number of hydrogen-bond donors (Lipinski definition) is 1. The van der Waals surface area contributed by atoms with E-state index in [4.69, 9.17) is 4.74 Å². The number of rotatable bonds is 6. The molecule has 0 radical (unpaired) electrons. The van der Waals surface area contributed by atoms with Gasteiger partial charge < -0.3 is 14.8 Å². The van der Waals surface area contributed by atoms with Gasteiger partial charge in [-0.05, 0) is 24.7 Å². The first-order valence-corrected chi connectivity index (χ1v) is 6.73. The van der Waals surface area contributed by atoms with Gasteiger partial charge in [0, 0.05) is 11.6 Å². The second-order valence-corrected chi connectivity index (χ2v) is 4.81. The summed E-state index contributed by atoms with van der Waals surface area (Å²) in [6, 6.07) is 4.75. The summed E-state index contributed by atoms with van der Waals surface area (Å²) in [5.74, 6) is 0.278. The lowest BCUT2D eigenvalue weighted by atomic mass is 10.1. The first-order chi connectivity index (χ1) is 9.65. The van der Waals surface area contributed by atoms with Crippen molar-refractivity contribution in [2.45, 2.75) is 12.7 Å². The Kier molecular flexibility index (Phi) is 4.86. The highest BCUT2D eigenvalue weighted by Crippen LogP contribution is 2.33. The van der Waals surface area contributed by atoms with Crippen LogP contribution in [0.5, 0.6) is 11.5 Å². The van der Waals surface area contributed by atoms with E-state index < -0.39 is 6.61 Å². The van der Waals surface area contributed by atoms with E-state index in [2.05, 4.69) is 15.0 Å². The standard InChI is InChI=1S/C13H14F2N2O2S/c1-16-11(12-17-5-6-20-12)8-3-4-9(18-2)10(7-8)19-13(14)15/h3-7,11,13,16H,1-2H3. The fourth-order valence-corrected chi connectivity index (χ4v) is 2.64. The number of thiazole rings is 1. The number of ether oxygens (including phenoxy) is 2. The first-order valence-electron chi connectivity index (χ1n) is 5.85. The SMILES string of the molecule is CNC(c1ccc(OC)c(OC(F)F)c1)c1nccs1. The molecule has 2 rings (SSSR count). The molecule has 0 amide bonds. The van der Waals surface area contributed by atoms with E-state index in [0.717, 1.165) is 10.6 Å². The van der Waals surface area contributed by atoms with Crippen molar-refractivity contribution in [1.29, 1.82) is 0 Å². The number of hydrogen-bond acceptors (Lipinski definition) is 5. The van der Waals surface area contributed by atoms with Gasteiger partial charge in [0.1, 0.15) is 5.01 Å². The monoisotopic (exact) mass is 300 g/mol. The summed E-state index contributed by atoms with van der Waals surface area (Å²) in [5, 5.41) is 5.81. The van der Waals surface area contributed by atoms with Gasteiger partial charge in [0.2, 0.25) is 0 Å². The van der Waals surface area contributed by atoms with Crippen LogP contribution in [0.25, 0.3) is 0 Å². The van der Waals surface area contributed by atoms with E-state index in [1.165, 1.54) is 24.5 Å². The number of halogens is 2. The third-order valence-electron chi connectivity index (χ3n) is 2.72. The maximum Gasteiger partial charge on any atom is 0.387 e. The molecule has 0 saturated heterocycles. The molecule has 1 unspecified atom stereocenters. The second-order valence-electron chi connectivity index (χ2n) is 3.88. The normalized spacial score (nSPS) is 12.4. The topological polar surface area (TPSA) is 43.4 Å². The first kappa shape index (κ1) is 14.7. The Balaban J connectivity index is 2.36. The van der Waals surface area contributed by atoms with Crippen molar-refractivity contribution in [3.05, 3.63) is 40.3 Å². The lowest BCUT2D eigenvalue weighted by molar-refractivity contribution is -0.0512. The fourth-order valence-electron chi connectivity index (χ4n) is 1.87. The van der Waals surface area contributed by atoms with Gasteiger partial charge in [0.15, 0.2) is 11.5 Å². The Morgan fingerprint density at radius 2 is 2.10 bits per heavy atom. The molecule has 0 bridgehead atoms. The van der Waals surface area contributed by atoms with Gasteiger partial charge in [-0.2, -0.15) is 8.78 Å². The molecule has 0 aliphatic carbocycles. The molecule has 7 heteroatoms. The maximum atomic E-state index is 12.4. The number of aromatic nitrogens is 1. The second kappa shape index (κ2) is 6.62. The van der Waals surface area contributed by atoms with Crippen LogP contribution < -0.4 is 14.8 Å². The highest BCUT2D eigenvalue weighted by molar-refractivity contribution is 7.09. The largest absolute Gasteiger partial charge is 0.493 e. The summed E-state index contributed by atoms with van der Waals surface area (Å²) in [6.45, 7) is -2.90. The lowest BCUT2D eigenvalue weighted by Crippen LogP contribution is -2.17. The molecule has 0 saturated carbocycles. The summed E-state index contributed by atoms with van der Waals surface area (Å²) < 4.78 is 34.3. The van der Waals surface area contributed by atoms with Crippen molar-refractivity contribution >= 4 is 11.3 Å². The lowest BCUT2D eigenvalue weighted by Gasteiger charge is -2.17. The Morgan fingerprint density at radius 3 is 2.65 bits per heavy atom. The van der Waals surface area contributed by atoms with E-state index >= 15 is 0 Å². The quantitative estimate of drug-likeness (QED) is 0.890. The van der Waals surface area contributed by atoms with Crippen LogP contribution in [-0.4, -0.2) is 25.8 Å². The molecule has 0 spiro atoms. The number of nitrogens with one attached hydrogen (secondary N) is 1. The number of benzene rings is 1. The Morgan fingerprint density at radius 1 is 1.30 bits per heavy atom. The smallest absolute Gasteiger partial charge is 0.387 e. The predicted octanol–water partition coefficient (Wildman–Crippen LogP) is 3.06. The van der Waals surface area contributed by atoms with Gasteiger partial charge in [0.05, 0.1) is 13.2 Å². The maximum absolute atomic E-state index is 12.4. The van der Waals surface area contributed by atoms with E-state index in [1.807, 2.05) is 5.38 Å². The zero-order valence-corrected chi connectivity index (χ0v) is 11.8. The molecule has 1 aromatic carbocycles. The van der Waals surface area contributed by atoms with Crippen molar-refractivity contribution in [2.24, 2.45) is 0 Å². The summed E-state index contributed by atoms with van der Waals surface area (Å²) >= 11 is 1.49. The highest BCUT2D eigenvalue weighted by atomic mass is 32.1. The van der Waals surface area contributed by atoms with Crippen LogP contribution in [0.1, 0.15) is 16.6 Å². The van der Waals surface area contributed by atoms with Crippen molar-refractivity contribution < 1.29 is 18.3 Å². The fraction of sp³-hybridized carbons (Fsp3) is 0.308. The highest BCUT2D eigenvalue weighted by Gasteiger charge is 2.18. The summed E-state index contributed by atoms with van der Waals surface area (Å²) in [7, 11) is 3.19. The minimum atomic E-state index is -2.90. The molecule has 20 heavy (non-hydrogen) atoms. The molecule has 1 atom stereocenters. The molecule has 108 valence electrons. The Hall–Kier alpha value is -1.73. The molecule has 1 aromatic heterocycles.